The number of nitrogens with zero attached hydrogens (tertiary/aromatic N) is 3. The number of aliphatic hydroxyl groups is 1. The van der Waals surface area contributed by atoms with Crippen molar-refractivity contribution in [2.24, 2.45) is 11.3 Å². The summed E-state index contributed by atoms with van der Waals surface area (Å²) in [6.07, 6.45) is 3.11. The van der Waals surface area contributed by atoms with Gasteiger partial charge in [-0.2, -0.15) is 13.2 Å². The zero-order chi connectivity index (χ0) is 25.7. The molecule has 11 heteroatoms. The van der Waals surface area contributed by atoms with E-state index in [9.17, 15) is 28.2 Å². The van der Waals surface area contributed by atoms with Gasteiger partial charge >= 0.3 is 12.1 Å². The molecule has 0 unspecified atom stereocenters. The molecule has 0 bridgehead atoms. The third-order valence-corrected chi connectivity index (χ3v) is 8.44. The van der Waals surface area contributed by atoms with Gasteiger partial charge in [-0.15, -0.1) is 11.3 Å². The molecule has 5 rings (SSSR count). The zero-order valence-electron chi connectivity index (χ0n) is 19.5. The molecule has 0 saturated heterocycles. The Balaban J connectivity index is 1.41. The van der Waals surface area contributed by atoms with E-state index in [1.165, 1.54) is 11.3 Å². The molecule has 190 valence electrons. The summed E-state index contributed by atoms with van der Waals surface area (Å²) in [5, 5.41) is 24.6. The van der Waals surface area contributed by atoms with Crippen LogP contribution in [0.25, 0.3) is 10.6 Å². The lowest BCUT2D eigenvalue weighted by Crippen LogP contribution is -2.62. The van der Waals surface area contributed by atoms with E-state index in [0.29, 0.717) is 27.8 Å². The monoisotopic (exact) mass is 518 g/mol. The van der Waals surface area contributed by atoms with E-state index in [1.54, 1.807) is 18.3 Å². The Hall–Kier alpha value is -3.05. The summed E-state index contributed by atoms with van der Waals surface area (Å²) in [4.78, 5) is 25.7. The molecule has 3 heterocycles. The van der Waals surface area contributed by atoms with Crippen molar-refractivity contribution >= 4 is 28.9 Å². The van der Waals surface area contributed by atoms with Gasteiger partial charge in [-0.05, 0) is 61.4 Å². The summed E-state index contributed by atoms with van der Waals surface area (Å²) in [7, 11) is 0. The van der Waals surface area contributed by atoms with Crippen molar-refractivity contribution < 1.29 is 28.2 Å². The number of halogens is 3. The van der Waals surface area contributed by atoms with Crippen LogP contribution in [0.4, 0.5) is 24.8 Å². The number of thiazole rings is 1. The van der Waals surface area contributed by atoms with Crippen LogP contribution in [0.1, 0.15) is 54.7 Å². The minimum absolute atomic E-state index is 0.00438. The van der Waals surface area contributed by atoms with Crippen LogP contribution in [0.2, 0.25) is 0 Å². The SMILES string of the molecule is Cc1cc(Nc2cc(C(F)(F)F)ccn2)nc(-c2cnc([C@]3(O)CC4(CCCCC4)[C@H]3C(=O)O)s2)c1. The summed E-state index contributed by atoms with van der Waals surface area (Å²) in [6.45, 7) is 1.82. The largest absolute Gasteiger partial charge is 0.481 e. The summed E-state index contributed by atoms with van der Waals surface area (Å²) >= 11 is 1.19. The number of carboxylic acid groups (broad SMARTS) is 1. The van der Waals surface area contributed by atoms with Gasteiger partial charge in [0.25, 0.3) is 0 Å². The Morgan fingerprint density at radius 2 is 1.89 bits per heavy atom. The molecule has 3 N–H and O–H groups in total. The maximum Gasteiger partial charge on any atom is 0.416 e. The van der Waals surface area contributed by atoms with Crippen molar-refractivity contribution in [1.82, 2.24) is 15.0 Å². The van der Waals surface area contributed by atoms with Crippen molar-refractivity contribution in [3.8, 4) is 10.6 Å². The molecule has 2 saturated carbocycles. The summed E-state index contributed by atoms with van der Waals surface area (Å²) in [5.41, 5.74) is -1.43. The van der Waals surface area contributed by atoms with Crippen molar-refractivity contribution in [1.29, 1.82) is 0 Å². The molecule has 3 aromatic heterocycles. The molecule has 7 nitrogen and oxygen atoms in total. The topological polar surface area (TPSA) is 108 Å². The average molecular weight is 519 g/mol. The first-order valence-corrected chi connectivity index (χ1v) is 12.5. The van der Waals surface area contributed by atoms with Gasteiger partial charge in [0.2, 0.25) is 0 Å². The van der Waals surface area contributed by atoms with Crippen LogP contribution in [-0.4, -0.2) is 31.1 Å². The molecule has 0 aliphatic heterocycles. The minimum Gasteiger partial charge on any atom is -0.481 e. The molecule has 2 atom stereocenters. The highest BCUT2D eigenvalue weighted by Gasteiger charge is 2.67. The predicted octanol–water partition coefficient (Wildman–Crippen LogP) is 5.91. The van der Waals surface area contributed by atoms with E-state index in [0.717, 1.165) is 56.0 Å². The lowest BCUT2D eigenvalue weighted by Gasteiger charge is -2.59. The Morgan fingerprint density at radius 3 is 2.58 bits per heavy atom. The summed E-state index contributed by atoms with van der Waals surface area (Å²) in [6, 6.07) is 5.28. The van der Waals surface area contributed by atoms with Crippen LogP contribution in [0.3, 0.4) is 0 Å². The third kappa shape index (κ3) is 4.34. The second kappa shape index (κ2) is 8.81. The van der Waals surface area contributed by atoms with E-state index in [-0.39, 0.29) is 11.2 Å². The lowest BCUT2D eigenvalue weighted by atomic mass is 9.46. The minimum atomic E-state index is -4.49. The van der Waals surface area contributed by atoms with Crippen molar-refractivity contribution in [3.05, 3.63) is 52.8 Å². The number of pyridine rings is 2. The van der Waals surface area contributed by atoms with Gasteiger partial charge in [0, 0.05) is 12.4 Å². The number of carboxylic acids is 1. The van der Waals surface area contributed by atoms with Crippen LogP contribution in [0.5, 0.6) is 0 Å². The maximum absolute atomic E-state index is 13.0. The number of rotatable bonds is 5. The quantitative estimate of drug-likeness (QED) is 0.385. The Kier molecular flexibility index (Phi) is 6.03. The van der Waals surface area contributed by atoms with Crippen LogP contribution in [-0.2, 0) is 16.6 Å². The van der Waals surface area contributed by atoms with E-state index in [2.05, 4.69) is 20.3 Å². The molecule has 2 fully saturated rings. The van der Waals surface area contributed by atoms with E-state index in [4.69, 9.17) is 0 Å². The smallest absolute Gasteiger partial charge is 0.416 e. The standard InChI is InChI=1S/C25H25F3N4O3S/c1-14-9-16(31-19(10-14)32-18-11-15(5-8-29-18)25(26,27)28)17-12-30-22(36-17)24(35)13-23(20(24)21(33)34)6-3-2-4-7-23/h5,8-12,20,35H,2-4,6-7,13H2,1H3,(H,33,34)(H,29,31,32)/t20-,24+/m1/s1. The third-order valence-electron chi connectivity index (χ3n) is 7.25. The van der Waals surface area contributed by atoms with Gasteiger partial charge in [-0.25, -0.2) is 15.0 Å². The number of alkyl halides is 3. The number of aliphatic carboxylic acids is 1. The molecule has 36 heavy (non-hydrogen) atoms. The number of hydrogen-bond donors (Lipinski definition) is 3. The van der Waals surface area contributed by atoms with Crippen LogP contribution in [0.15, 0.2) is 36.7 Å². The fourth-order valence-electron chi connectivity index (χ4n) is 5.76. The first kappa shape index (κ1) is 24.6. The van der Waals surface area contributed by atoms with E-state index >= 15 is 0 Å². The number of hydrogen-bond acceptors (Lipinski definition) is 7. The van der Waals surface area contributed by atoms with Crippen LogP contribution < -0.4 is 5.32 Å². The van der Waals surface area contributed by atoms with Crippen molar-refractivity contribution in [2.45, 2.75) is 57.2 Å². The second-order valence-electron chi connectivity index (χ2n) is 9.79. The first-order chi connectivity index (χ1) is 17.0. The Bertz CT molecular complexity index is 1310. The fourth-order valence-corrected chi connectivity index (χ4v) is 6.75. The predicted molar refractivity (Wildman–Crippen MR) is 128 cm³/mol. The first-order valence-electron chi connectivity index (χ1n) is 11.7. The molecule has 0 radical (unpaired) electrons. The molecular weight excluding hydrogens is 493 g/mol. The van der Waals surface area contributed by atoms with Gasteiger partial charge in [-0.3, -0.25) is 4.79 Å². The van der Waals surface area contributed by atoms with E-state index in [1.807, 2.05) is 6.92 Å². The number of nitrogens with one attached hydrogen (secondary N) is 1. The van der Waals surface area contributed by atoms with Crippen molar-refractivity contribution in [3.63, 3.8) is 0 Å². The molecular formula is C25H25F3N4O3S. The molecule has 0 aromatic carbocycles. The second-order valence-corrected chi connectivity index (χ2v) is 10.8. The summed E-state index contributed by atoms with van der Waals surface area (Å²) in [5.74, 6) is -1.60. The summed E-state index contributed by atoms with van der Waals surface area (Å²) < 4.78 is 39.1. The van der Waals surface area contributed by atoms with Crippen molar-refractivity contribution in [2.75, 3.05) is 5.32 Å². The highest BCUT2D eigenvalue weighted by Crippen LogP contribution is 2.65. The Morgan fingerprint density at radius 1 is 1.14 bits per heavy atom. The molecule has 3 aromatic rings. The molecule has 0 amide bonds. The number of aryl methyl sites for hydroxylation is 1. The van der Waals surface area contributed by atoms with Crippen LogP contribution >= 0.6 is 11.3 Å². The number of carbonyl (C=O) groups is 1. The Labute approximate surface area is 209 Å². The van der Waals surface area contributed by atoms with Gasteiger partial charge in [0.05, 0.1) is 22.1 Å². The highest BCUT2D eigenvalue weighted by molar-refractivity contribution is 7.15. The maximum atomic E-state index is 13.0. The fraction of sp³-hybridized carbons (Fsp3) is 0.440. The van der Waals surface area contributed by atoms with Gasteiger partial charge < -0.3 is 15.5 Å². The molecule has 2 aliphatic carbocycles. The van der Waals surface area contributed by atoms with Gasteiger partial charge in [-0.1, -0.05) is 19.3 Å². The number of anilines is 2. The zero-order valence-corrected chi connectivity index (χ0v) is 20.3. The van der Waals surface area contributed by atoms with Crippen LogP contribution in [0, 0.1) is 18.3 Å². The molecule has 2 aliphatic rings. The lowest BCUT2D eigenvalue weighted by molar-refractivity contribution is -0.225. The average Bonchev–Trinajstić information content (AvgIpc) is 3.29. The molecule has 1 spiro atoms. The van der Waals surface area contributed by atoms with E-state index < -0.39 is 29.2 Å². The van der Waals surface area contributed by atoms with Gasteiger partial charge in [0.15, 0.2) is 0 Å². The number of aromatic nitrogens is 3. The highest BCUT2D eigenvalue weighted by atomic mass is 32.1. The van der Waals surface area contributed by atoms with Gasteiger partial charge in [0.1, 0.15) is 22.2 Å². The normalized spacial score (nSPS) is 23.3.